The van der Waals surface area contributed by atoms with Crippen molar-refractivity contribution >= 4 is 10.9 Å². The van der Waals surface area contributed by atoms with Crippen LogP contribution < -0.4 is 0 Å². The largest absolute Gasteiger partial charge is 0.337 e. The standard InChI is InChI=1S/C15H14N6O/c1-9-7-10(2)21(19-9)8-13-16-15(20-22-13)14-11-5-3-4-6-12(11)17-18-14/h3-7H,8H2,1-2H3,(H,17,18). The van der Waals surface area contributed by atoms with Gasteiger partial charge in [-0.1, -0.05) is 23.4 Å². The monoisotopic (exact) mass is 294 g/mol. The fraction of sp³-hybridized carbons (Fsp3) is 0.200. The van der Waals surface area contributed by atoms with Gasteiger partial charge in [-0.15, -0.1) is 0 Å². The number of nitrogens with one attached hydrogen (secondary N) is 1. The maximum atomic E-state index is 5.33. The molecule has 0 atom stereocenters. The Hall–Kier alpha value is -2.96. The zero-order chi connectivity index (χ0) is 15.1. The summed E-state index contributed by atoms with van der Waals surface area (Å²) in [5.74, 6) is 0.988. The van der Waals surface area contributed by atoms with Gasteiger partial charge in [-0.25, -0.2) is 0 Å². The molecule has 7 heteroatoms. The fourth-order valence-corrected chi connectivity index (χ4v) is 2.51. The minimum atomic E-state index is 0.453. The third-order valence-corrected chi connectivity index (χ3v) is 3.54. The number of hydrogen-bond acceptors (Lipinski definition) is 5. The molecule has 0 unspecified atom stereocenters. The quantitative estimate of drug-likeness (QED) is 0.627. The fourth-order valence-electron chi connectivity index (χ4n) is 2.51. The van der Waals surface area contributed by atoms with Gasteiger partial charge in [0.2, 0.25) is 11.7 Å². The van der Waals surface area contributed by atoms with Crippen molar-refractivity contribution in [2.75, 3.05) is 0 Å². The van der Waals surface area contributed by atoms with E-state index in [-0.39, 0.29) is 0 Å². The van der Waals surface area contributed by atoms with Crippen molar-refractivity contribution in [1.29, 1.82) is 0 Å². The van der Waals surface area contributed by atoms with Gasteiger partial charge >= 0.3 is 0 Å². The summed E-state index contributed by atoms with van der Waals surface area (Å²) < 4.78 is 7.17. The second-order valence-corrected chi connectivity index (χ2v) is 5.21. The van der Waals surface area contributed by atoms with Crippen molar-refractivity contribution in [2.24, 2.45) is 0 Å². The van der Waals surface area contributed by atoms with E-state index in [2.05, 4.69) is 25.4 Å². The van der Waals surface area contributed by atoms with E-state index in [0.29, 0.717) is 24.0 Å². The van der Waals surface area contributed by atoms with Gasteiger partial charge in [0.1, 0.15) is 12.2 Å². The second kappa shape index (κ2) is 4.80. The molecule has 1 N–H and O–H groups in total. The lowest BCUT2D eigenvalue weighted by molar-refractivity contribution is 0.364. The molecule has 0 aliphatic rings. The van der Waals surface area contributed by atoms with Crippen LogP contribution in [-0.2, 0) is 6.54 Å². The van der Waals surface area contributed by atoms with Crippen LogP contribution in [0.2, 0.25) is 0 Å². The molecule has 0 fully saturated rings. The molecule has 4 rings (SSSR count). The molecule has 3 heterocycles. The van der Waals surface area contributed by atoms with Crippen LogP contribution >= 0.6 is 0 Å². The summed E-state index contributed by atoms with van der Waals surface area (Å²) in [6.45, 7) is 4.41. The number of H-pyrrole nitrogens is 1. The van der Waals surface area contributed by atoms with E-state index in [1.54, 1.807) is 0 Å². The van der Waals surface area contributed by atoms with Crippen molar-refractivity contribution in [3.05, 3.63) is 47.6 Å². The topological polar surface area (TPSA) is 85.4 Å². The number of hydrogen-bond donors (Lipinski definition) is 1. The SMILES string of the molecule is Cc1cc(C)n(Cc2nc(-c3n[nH]c4ccccc34)no2)n1. The molecule has 7 nitrogen and oxygen atoms in total. The summed E-state index contributed by atoms with van der Waals surface area (Å²) in [5, 5.41) is 16.6. The molecular weight excluding hydrogens is 280 g/mol. The Morgan fingerprint density at radius 3 is 2.91 bits per heavy atom. The maximum absolute atomic E-state index is 5.33. The normalized spacial score (nSPS) is 11.4. The molecule has 0 radical (unpaired) electrons. The number of fused-ring (bicyclic) bond motifs is 1. The van der Waals surface area contributed by atoms with Crippen LogP contribution in [0, 0.1) is 13.8 Å². The number of rotatable bonds is 3. The lowest BCUT2D eigenvalue weighted by Gasteiger charge is -1.98. The predicted molar refractivity (Wildman–Crippen MR) is 80.2 cm³/mol. The van der Waals surface area contributed by atoms with Gasteiger partial charge < -0.3 is 4.52 Å². The number of aromatic nitrogens is 6. The van der Waals surface area contributed by atoms with Crippen molar-refractivity contribution < 1.29 is 4.52 Å². The van der Waals surface area contributed by atoms with Crippen LogP contribution in [0.4, 0.5) is 0 Å². The Morgan fingerprint density at radius 1 is 1.23 bits per heavy atom. The molecule has 0 aliphatic carbocycles. The van der Waals surface area contributed by atoms with Gasteiger partial charge in [0.05, 0.1) is 11.2 Å². The van der Waals surface area contributed by atoms with E-state index in [4.69, 9.17) is 4.52 Å². The number of aryl methyl sites for hydroxylation is 2. The zero-order valence-electron chi connectivity index (χ0n) is 12.2. The first-order valence-electron chi connectivity index (χ1n) is 6.98. The van der Waals surface area contributed by atoms with Crippen LogP contribution in [-0.4, -0.2) is 30.1 Å². The van der Waals surface area contributed by atoms with Crippen molar-refractivity contribution in [2.45, 2.75) is 20.4 Å². The summed E-state index contributed by atoms with van der Waals surface area (Å²) >= 11 is 0. The first-order chi connectivity index (χ1) is 10.7. The van der Waals surface area contributed by atoms with E-state index >= 15 is 0 Å². The van der Waals surface area contributed by atoms with Gasteiger partial charge in [0.25, 0.3) is 0 Å². The molecule has 0 saturated heterocycles. The Balaban J connectivity index is 1.68. The van der Waals surface area contributed by atoms with Crippen LogP contribution in [0.15, 0.2) is 34.9 Å². The van der Waals surface area contributed by atoms with Gasteiger partial charge in [0, 0.05) is 11.1 Å². The first-order valence-corrected chi connectivity index (χ1v) is 6.98. The number of nitrogens with zero attached hydrogens (tertiary/aromatic N) is 5. The Bertz CT molecular complexity index is 948. The van der Waals surface area contributed by atoms with E-state index in [1.165, 1.54) is 0 Å². The lowest BCUT2D eigenvalue weighted by atomic mass is 10.2. The van der Waals surface area contributed by atoms with E-state index in [0.717, 1.165) is 22.3 Å². The zero-order valence-corrected chi connectivity index (χ0v) is 12.2. The van der Waals surface area contributed by atoms with Gasteiger partial charge in [-0.05, 0) is 26.0 Å². The number of aromatic amines is 1. The average Bonchev–Trinajstić information content (AvgIpc) is 3.18. The van der Waals surface area contributed by atoms with Gasteiger partial charge in [0.15, 0.2) is 0 Å². The summed E-state index contributed by atoms with van der Waals surface area (Å²) in [7, 11) is 0. The first kappa shape index (κ1) is 12.8. The van der Waals surface area contributed by atoms with Crippen LogP contribution in [0.5, 0.6) is 0 Å². The molecule has 3 aromatic heterocycles. The molecule has 22 heavy (non-hydrogen) atoms. The van der Waals surface area contributed by atoms with Gasteiger partial charge in [-0.2, -0.15) is 15.2 Å². The average molecular weight is 294 g/mol. The molecule has 0 saturated carbocycles. The third-order valence-electron chi connectivity index (χ3n) is 3.54. The minimum absolute atomic E-state index is 0.453. The highest BCUT2D eigenvalue weighted by atomic mass is 16.5. The molecule has 110 valence electrons. The van der Waals surface area contributed by atoms with Crippen LogP contribution in [0.25, 0.3) is 22.4 Å². The molecule has 4 aromatic rings. The van der Waals surface area contributed by atoms with Crippen molar-refractivity contribution in [3.8, 4) is 11.5 Å². The van der Waals surface area contributed by atoms with Crippen molar-refractivity contribution in [3.63, 3.8) is 0 Å². The Morgan fingerprint density at radius 2 is 2.09 bits per heavy atom. The van der Waals surface area contributed by atoms with E-state index < -0.39 is 0 Å². The number of benzene rings is 1. The summed E-state index contributed by atoms with van der Waals surface area (Å²) in [4.78, 5) is 4.43. The van der Waals surface area contributed by atoms with Crippen LogP contribution in [0.3, 0.4) is 0 Å². The highest BCUT2D eigenvalue weighted by Gasteiger charge is 2.15. The Kier molecular flexibility index (Phi) is 2.78. The van der Waals surface area contributed by atoms with E-state index in [1.807, 2.05) is 48.9 Å². The molecule has 0 amide bonds. The van der Waals surface area contributed by atoms with Crippen LogP contribution in [0.1, 0.15) is 17.3 Å². The second-order valence-electron chi connectivity index (χ2n) is 5.21. The highest BCUT2D eigenvalue weighted by Crippen LogP contribution is 2.23. The highest BCUT2D eigenvalue weighted by molar-refractivity contribution is 5.90. The van der Waals surface area contributed by atoms with Gasteiger partial charge in [-0.3, -0.25) is 9.78 Å². The third kappa shape index (κ3) is 2.07. The summed E-state index contributed by atoms with van der Waals surface area (Å²) in [6.07, 6.45) is 0. The van der Waals surface area contributed by atoms with Crippen molar-refractivity contribution in [1.82, 2.24) is 30.1 Å². The smallest absolute Gasteiger partial charge is 0.248 e. The summed E-state index contributed by atoms with van der Waals surface area (Å²) in [5.41, 5.74) is 3.67. The summed E-state index contributed by atoms with van der Waals surface area (Å²) in [6, 6.07) is 9.86. The molecular formula is C15H14N6O. The predicted octanol–water partition coefficient (Wildman–Crippen LogP) is 2.47. The lowest BCUT2D eigenvalue weighted by Crippen LogP contribution is -2.04. The van der Waals surface area contributed by atoms with E-state index in [9.17, 15) is 0 Å². The Labute approximate surface area is 126 Å². The molecule has 0 spiro atoms. The molecule has 0 bridgehead atoms. The number of para-hydroxylation sites is 1. The molecule has 1 aromatic carbocycles. The maximum Gasteiger partial charge on any atom is 0.248 e. The minimum Gasteiger partial charge on any atom is -0.337 e. The molecule has 0 aliphatic heterocycles.